The van der Waals surface area contributed by atoms with Crippen LogP contribution in [0.4, 0.5) is 0 Å². The molecule has 0 radical (unpaired) electrons. The molecule has 0 unspecified atom stereocenters. The van der Waals surface area contributed by atoms with Crippen molar-refractivity contribution in [3.8, 4) is 0 Å². The monoisotopic (exact) mass is 159 g/mol. The first kappa shape index (κ1) is 10.4. The van der Waals surface area contributed by atoms with Gasteiger partial charge in [-0.3, -0.25) is 4.79 Å². The van der Waals surface area contributed by atoms with Crippen molar-refractivity contribution < 1.29 is 9.90 Å². The zero-order valence-electron chi connectivity index (χ0n) is 7.66. The van der Waals surface area contributed by atoms with Gasteiger partial charge in [-0.1, -0.05) is 13.8 Å². The zero-order chi connectivity index (χ0) is 9.02. The Morgan fingerprint density at radius 3 is 2.18 bits per heavy atom. The van der Waals surface area contributed by atoms with Crippen molar-refractivity contribution in [2.75, 3.05) is 13.7 Å². The molecule has 0 fully saturated rings. The van der Waals surface area contributed by atoms with Crippen LogP contribution in [0, 0.1) is 5.92 Å². The Kier molecular flexibility index (Phi) is 4.11. The average molecular weight is 159 g/mol. The van der Waals surface area contributed by atoms with Gasteiger partial charge in [0, 0.05) is 13.1 Å². The fourth-order valence-electron chi connectivity index (χ4n) is 0.786. The van der Waals surface area contributed by atoms with Crippen LogP contribution in [0.1, 0.15) is 20.8 Å². The molecule has 0 aliphatic carbocycles. The summed E-state index contributed by atoms with van der Waals surface area (Å²) in [7, 11) is 1.71. The lowest BCUT2D eigenvalue weighted by Crippen LogP contribution is -2.39. The molecule has 3 nitrogen and oxygen atoms in total. The molecule has 0 aromatic carbocycles. The van der Waals surface area contributed by atoms with E-state index in [0.717, 1.165) is 0 Å². The summed E-state index contributed by atoms with van der Waals surface area (Å²) in [6, 6.07) is 0.189. The van der Waals surface area contributed by atoms with Gasteiger partial charge in [0.1, 0.15) is 6.61 Å². The Labute approximate surface area is 68.0 Å². The highest BCUT2D eigenvalue weighted by molar-refractivity contribution is 5.77. The minimum Gasteiger partial charge on any atom is -0.387 e. The summed E-state index contributed by atoms with van der Waals surface area (Å²) in [6.45, 7) is 5.67. The Hall–Kier alpha value is -0.570. The second-order valence-corrected chi connectivity index (χ2v) is 3.15. The Bertz CT molecular complexity index is 134. The fraction of sp³-hybridized carbons (Fsp3) is 0.875. The molecule has 0 heterocycles. The fourth-order valence-corrected chi connectivity index (χ4v) is 0.786. The summed E-state index contributed by atoms with van der Waals surface area (Å²) in [5.41, 5.74) is 0. The van der Waals surface area contributed by atoms with Gasteiger partial charge in [0.15, 0.2) is 0 Å². The normalized spacial score (nSPS) is 13.3. The van der Waals surface area contributed by atoms with E-state index in [1.807, 2.05) is 20.8 Å². The molecule has 11 heavy (non-hydrogen) atoms. The molecule has 0 saturated carbocycles. The minimum atomic E-state index is -0.395. The van der Waals surface area contributed by atoms with Crippen molar-refractivity contribution in [1.82, 2.24) is 4.90 Å². The largest absolute Gasteiger partial charge is 0.387 e. The molecular weight excluding hydrogens is 142 g/mol. The second kappa shape index (κ2) is 4.34. The van der Waals surface area contributed by atoms with Crippen LogP contribution >= 0.6 is 0 Å². The number of hydrogen-bond donors (Lipinski definition) is 1. The standard InChI is InChI=1S/C8H17NO2/c1-6(2)7(3)9(4)8(11)5-10/h6-7,10H,5H2,1-4H3/t7-/m0/s1. The van der Waals surface area contributed by atoms with Crippen molar-refractivity contribution in [2.45, 2.75) is 26.8 Å². The number of amides is 1. The summed E-state index contributed by atoms with van der Waals surface area (Å²) in [4.78, 5) is 12.5. The van der Waals surface area contributed by atoms with E-state index < -0.39 is 6.61 Å². The summed E-state index contributed by atoms with van der Waals surface area (Å²) < 4.78 is 0. The van der Waals surface area contributed by atoms with Gasteiger partial charge in [0.2, 0.25) is 5.91 Å². The number of rotatable bonds is 3. The van der Waals surface area contributed by atoms with E-state index >= 15 is 0 Å². The molecule has 0 aromatic heterocycles. The van der Waals surface area contributed by atoms with Gasteiger partial charge in [-0.15, -0.1) is 0 Å². The van der Waals surface area contributed by atoms with Crippen molar-refractivity contribution in [1.29, 1.82) is 0 Å². The van der Waals surface area contributed by atoms with Crippen molar-refractivity contribution in [2.24, 2.45) is 5.92 Å². The number of hydrogen-bond acceptors (Lipinski definition) is 2. The third-order valence-corrected chi connectivity index (χ3v) is 2.10. The predicted molar refractivity (Wildman–Crippen MR) is 44.2 cm³/mol. The van der Waals surface area contributed by atoms with Crippen molar-refractivity contribution in [3.63, 3.8) is 0 Å². The van der Waals surface area contributed by atoms with Gasteiger partial charge in [-0.05, 0) is 12.8 Å². The predicted octanol–water partition coefficient (Wildman–Crippen LogP) is 0.482. The van der Waals surface area contributed by atoms with E-state index in [1.54, 1.807) is 11.9 Å². The lowest BCUT2D eigenvalue weighted by Gasteiger charge is -2.27. The third kappa shape index (κ3) is 2.89. The number of carbonyl (C=O) groups excluding carboxylic acids is 1. The Morgan fingerprint density at radius 1 is 1.45 bits per heavy atom. The van der Waals surface area contributed by atoms with Gasteiger partial charge < -0.3 is 10.0 Å². The van der Waals surface area contributed by atoms with E-state index in [0.29, 0.717) is 5.92 Å². The molecule has 1 N–H and O–H groups in total. The lowest BCUT2D eigenvalue weighted by molar-refractivity contribution is -0.135. The molecule has 0 saturated heterocycles. The highest BCUT2D eigenvalue weighted by Crippen LogP contribution is 2.07. The number of aliphatic hydroxyl groups is 1. The second-order valence-electron chi connectivity index (χ2n) is 3.15. The molecule has 1 atom stereocenters. The highest BCUT2D eigenvalue weighted by Gasteiger charge is 2.16. The number of carbonyl (C=O) groups is 1. The zero-order valence-corrected chi connectivity index (χ0v) is 7.66. The van der Waals surface area contributed by atoms with Crippen LogP contribution in [-0.4, -0.2) is 35.6 Å². The molecular formula is C8H17NO2. The molecule has 0 bridgehead atoms. The van der Waals surface area contributed by atoms with Gasteiger partial charge in [-0.2, -0.15) is 0 Å². The van der Waals surface area contributed by atoms with Gasteiger partial charge >= 0.3 is 0 Å². The highest BCUT2D eigenvalue weighted by atomic mass is 16.3. The Morgan fingerprint density at radius 2 is 1.91 bits per heavy atom. The van der Waals surface area contributed by atoms with E-state index in [2.05, 4.69) is 0 Å². The lowest BCUT2D eigenvalue weighted by atomic mass is 10.1. The molecule has 66 valence electrons. The van der Waals surface area contributed by atoms with Crippen LogP contribution in [0.5, 0.6) is 0 Å². The van der Waals surface area contributed by atoms with Crippen LogP contribution in [0.3, 0.4) is 0 Å². The SMILES string of the molecule is CC(C)[C@H](C)N(C)C(=O)CO. The molecule has 0 rings (SSSR count). The molecule has 1 amide bonds. The summed E-state index contributed by atoms with van der Waals surface area (Å²) >= 11 is 0. The topological polar surface area (TPSA) is 40.5 Å². The Balaban J connectivity index is 4.01. The quantitative estimate of drug-likeness (QED) is 0.650. The molecule has 0 aliphatic heterocycles. The third-order valence-electron chi connectivity index (χ3n) is 2.10. The molecule has 3 heteroatoms. The summed E-state index contributed by atoms with van der Waals surface area (Å²) in [5.74, 6) is 0.210. The molecule has 0 aliphatic rings. The van der Waals surface area contributed by atoms with E-state index in [4.69, 9.17) is 5.11 Å². The first-order chi connectivity index (χ1) is 5.00. The van der Waals surface area contributed by atoms with Crippen LogP contribution in [0.25, 0.3) is 0 Å². The van der Waals surface area contributed by atoms with Crippen LogP contribution in [0.2, 0.25) is 0 Å². The molecule has 0 aromatic rings. The number of nitrogens with zero attached hydrogens (tertiary/aromatic N) is 1. The maximum atomic E-state index is 10.9. The first-order valence-electron chi connectivity index (χ1n) is 3.87. The maximum Gasteiger partial charge on any atom is 0.248 e. The van der Waals surface area contributed by atoms with Gasteiger partial charge in [0.25, 0.3) is 0 Å². The summed E-state index contributed by atoms with van der Waals surface area (Å²) in [5, 5.41) is 8.54. The van der Waals surface area contributed by atoms with Crippen LogP contribution in [-0.2, 0) is 4.79 Å². The average Bonchev–Trinajstić information content (AvgIpc) is 2.00. The van der Waals surface area contributed by atoms with Crippen molar-refractivity contribution in [3.05, 3.63) is 0 Å². The van der Waals surface area contributed by atoms with Gasteiger partial charge in [0.05, 0.1) is 0 Å². The molecule has 0 spiro atoms. The van der Waals surface area contributed by atoms with E-state index in [9.17, 15) is 4.79 Å². The summed E-state index contributed by atoms with van der Waals surface area (Å²) in [6.07, 6.45) is 0. The minimum absolute atomic E-state index is 0.189. The maximum absolute atomic E-state index is 10.9. The van der Waals surface area contributed by atoms with Crippen LogP contribution in [0.15, 0.2) is 0 Å². The first-order valence-corrected chi connectivity index (χ1v) is 3.87. The van der Waals surface area contributed by atoms with Crippen LogP contribution < -0.4 is 0 Å². The number of likely N-dealkylation sites (N-methyl/N-ethyl adjacent to an activating group) is 1. The smallest absolute Gasteiger partial charge is 0.248 e. The number of aliphatic hydroxyl groups excluding tert-OH is 1. The van der Waals surface area contributed by atoms with E-state index in [1.165, 1.54) is 0 Å². The van der Waals surface area contributed by atoms with Gasteiger partial charge in [-0.25, -0.2) is 0 Å². The van der Waals surface area contributed by atoms with E-state index in [-0.39, 0.29) is 11.9 Å². The van der Waals surface area contributed by atoms with Crippen molar-refractivity contribution >= 4 is 5.91 Å².